The molecule has 412 valence electrons. The Balaban J connectivity index is -0.0000000167. The van der Waals surface area contributed by atoms with Crippen LogP contribution in [0.4, 0.5) is 0 Å². The van der Waals surface area contributed by atoms with Crippen LogP contribution in [-0.2, 0) is 4.74 Å². The zero-order chi connectivity index (χ0) is 55.6. The highest BCUT2D eigenvalue weighted by Crippen LogP contribution is 1.78. The zero-order valence-corrected chi connectivity index (χ0v) is 60.3. The number of hydrogen-bond donors (Lipinski definition) is 0. The highest BCUT2D eigenvalue weighted by Gasteiger charge is 1.64. The summed E-state index contributed by atoms with van der Waals surface area (Å²) in [6.07, 6.45) is 0. The van der Waals surface area contributed by atoms with E-state index in [-0.39, 0.29) is 101 Å². The molecule has 0 aromatic carbocycles. The minimum atomic E-state index is 0.194. The van der Waals surface area contributed by atoms with Gasteiger partial charge in [0.15, 0.2) is 0 Å². The van der Waals surface area contributed by atoms with Crippen molar-refractivity contribution in [3.8, 4) is 0 Å². The molecule has 0 fully saturated rings. The molecule has 0 bridgehead atoms. The van der Waals surface area contributed by atoms with E-state index in [4.69, 9.17) is 446 Å². The van der Waals surface area contributed by atoms with Gasteiger partial charge in [-0.15, -0.1) is 441 Å². The number of ether oxygens (including phenoxy) is 1. The van der Waals surface area contributed by atoms with Gasteiger partial charge in [0.2, 0.25) is 0 Å². The van der Waals surface area contributed by atoms with E-state index in [1.807, 2.05) is 13.8 Å². The molecule has 0 aliphatic heterocycles. The van der Waals surface area contributed by atoms with Crippen LogP contribution in [0.25, 0.3) is 0 Å². The fraction of sp³-hybridized carbons (Fsp3) is 1.00. The van der Waals surface area contributed by atoms with Crippen molar-refractivity contribution in [2.45, 2.75) is 13.8 Å². The van der Waals surface area contributed by atoms with Crippen molar-refractivity contribution in [1.82, 2.24) is 0 Å². The number of alkyl halides is 38. The van der Waals surface area contributed by atoms with Crippen molar-refractivity contribution in [3.05, 3.63) is 0 Å². The number of halogens is 38. The van der Waals surface area contributed by atoms with Gasteiger partial charge in [0.25, 0.3) is 0 Å². The third-order valence-corrected chi connectivity index (χ3v) is 0.408. The maximum Gasteiger partial charge on any atom is 0.0967 e. The van der Waals surface area contributed by atoms with Crippen molar-refractivity contribution < 1.29 is 4.74 Å². The maximum atomic E-state index is 4.83. The summed E-state index contributed by atoms with van der Waals surface area (Å²) in [6, 6.07) is 0. The Kier molecular flexibility index (Phi) is 724. The molecule has 0 aromatic rings. The van der Waals surface area contributed by atoms with Crippen LogP contribution >= 0.6 is 441 Å². The quantitative estimate of drug-likeness (QED) is 0.250. The number of rotatable bonds is 2. The average Bonchev–Trinajstić information content (AvgIpc) is 3.15. The summed E-state index contributed by atoms with van der Waals surface area (Å²) in [7, 11) is 0. The molecule has 0 saturated heterocycles. The second kappa shape index (κ2) is 333. The second-order valence-corrected chi connectivity index (χ2v) is 18.1. The van der Waals surface area contributed by atoms with Gasteiger partial charge in [0, 0.05) is 13.2 Å². The molecule has 0 aliphatic rings. The molecule has 62 heavy (non-hydrogen) atoms. The van der Waals surface area contributed by atoms with Crippen LogP contribution in [0.1, 0.15) is 13.8 Å². The smallest absolute Gasteiger partial charge is 0.0967 e. The molecule has 0 spiro atoms. The second-order valence-electron chi connectivity index (χ2n) is 2.70. The lowest BCUT2D eigenvalue weighted by Gasteiger charge is -1.86. The Morgan fingerprint density at radius 1 is 0.145 bits per heavy atom. The molecule has 0 aliphatic carbocycles. The van der Waals surface area contributed by atoms with Crippen molar-refractivity contribution in [2.75, 3.05) is 115 Å². The van der Waals surface area contributed by atoms with E-state index in [9.17, 15) is 0 Å². The third-order valence-electron chi connectivity index (χ3n) is 0.408. The highest BCUT2D eigenvalue weighted by molar-refractivity contribution is 6.45. The van der Waals surface area contributed by atoms with Crippen LogP contribution in [0.2, 0.25) is 0 Å². The fourth-order valence-electron chi connectivity index (χ4n) is 0.204. The third kappa shape index (κ3) is 2060. The normalized spacial score (nSPS) is 6.19. The van der Waals surface area contributed by atoms with Crippen LogP contribution in [0.5, 0.6) is 0 Å². The van der Waals surface area contributed by atoms with Crippen LogP contribution in [-0.4, -0.2) is 115 Å². The first-order valence-electron chi connectivity index (χ1n) is 12.1. The first kappa shape index (κ1) is 135. The maximum absolute atomic E-state index is 4.83. The van der Waals surface area contributed by atoms with Gasteiger partial charge >= 0.3 is 0 Å². The van der Waals surface area contributed by atoms with Crippen LogP contribution in [0, 0.1) is 0 Å². The Bertz CT molecular complexity index is 179. The molecule has 0 saturated carbocycles. The molecule has 39 heteroatoms. The largest absolute Gasteiger partial charge is 0.382 e. The van der Waals surface area contributed by atoms with E-state index < -0.39 is 0 Å². The summed E-state index contributed by atoms with van der Waals surface area (Å²) in [4.78, 5) is 0. The predicted octanol–water partition coefficient (Wildman–Crippen LogP) is 28.1. The molecule has 0 heterocycles. The zero-order valence-electron chi connectivity index (χ0n) is 31.6. The topological polar surface area (TPSA) is 9.23 Å². The monoisotopic (exact) mass is 1670 g/mol. The van der Waals surface area contributed by atoms with E-state index in [2.05, 4.69) is 0 Å². The van der Waals surface area contributed by atoms with E-state index in [0.717, 1.165) is 13.2 Å². The minimum Gasteiger partial charge on any atom is -0.382 e. The molecular weight excluding hydrogens is 1640 g/mol. The van der Waals surface area contributed by atoms with Crippen LogP contribution in [0.15, 0.2) is 0 Å². The molecule has 0 amide bonds. The summed E-state index contributed by atoms with van der Waals surface area (Å²) < 4.78 is 4.83. The highest BCUT2D eigenvalue weighted by atomic mass is 35.6. The summed E-state index contributed by atoms with van der Waals surface area (Å²) in [6.45, 7) is 5.67. The standard InChI is InChI=1S/C4H10O.19CH2Cl2/c1-3-5-4-2;19*2-1-3/h3-4H2,1-2H3;19*1H2. The Labute approximate surface area is 565 Å². The molecule has 0 N–H and O–H groups in total. The van der Waals surface area contributed by atoms with Gasteiger partial charge in [-0.05, 0) is 13.8 Å². The van der Waals surface area contributed by atoms with Gasteiger partial charge in [-0.3, -0.25) is 0 Å². The summed E-state index contributed by atoms with van der Waals surface area (Å²) in [5.74, 6) is 0. The lowest BCUT2D eigenvalue weighted by Crippen LogP contribution is -1.84. The molecule has 0 rings (SSSR count). The Hall–Kier alpha value is 11.0. The lowest BCUT2D eigenvalue weighted by molar-refractivity contribution is 0.162. The molecular formula is C23H48Cl38O. The first-order chi connectivity index (χ1) is 29.3. The average molecular weight is 1690 g/mol. The van der Waals surface area contributed by atoms with E-state index in [0.29, 0.717) is 0 Å². The molecule has 0 unspecified atom stereocenters. The molecule has 0 aromatic heterocycles. The van der Waals surface area contributed by atoms with Gasteiger partial charge < -0.3 is 4.74 Å². The van der Waals surface area contributed by atoms with Crippen LogP contribution < -0.4 is 0 Å². The van der Waals surface area contributed by atoms with E-state index >= 15 is 0 Å². The predicted molar refractivity (Wildman–Crippen MR) is 337 cm³/mol. The van der Waals surface area contributed by atoms with Gasteiger partial charge in [-0.1, -0.05) is 0 Å². The molecule has 1 nitrogen and oxygen atoms in total. The summed E-state index contributed by atoms with van der Waals surface area (Å²) in [5.41, 5.74) is 0. The van der Waals surface area contributed by atoms with Crippen molar-refractivity contribution in [2.24, 2.45) is 0 Å². The van der Waals surface area contributed by atoms with E-state index in [1.54, 1.807) is 0 Å². The number of hydrogen-bond acceptors (Lipinski definition) is 1. The summed E-state index contributed by atoms with van der Waals surface area (Å²) in [5, 5.41) is 3.69. The molecule has 0 atom stereocenters. The van der Waals surface area contributed by atoms with Crippen molar-refractivity contribution in [3.63, 3.8) is 0 Å². The van der Waals surface area contributed by atoms with E-state index in [1.165, 1.54) is 0 Å². The van der Waals surface area contributed by atoms with Gasteiger partial charge in [-0.25, -0.2) is 0 Å². The molecule has 0 radical (unpaired) electrons. The van der Waals surface area contributed by atoms with Crippen molar-refractivity contribution >= 4 is 441 Å². The van der Waals surface area contributed by atoms with Gasteiger partial charge in [0.1, 0.15) is 0 Å². The SMILES string of the molecule is CCOCC.ClCCl.ClCCl.ClCCl.ClCCl.ClCCl.ClCCl.ClCCl.ClCCl.ClCCl.ClCCl.ClCCl.ClCCl.ClCCl.ClCCl.ClCCl.ClCCl.ClCCl.ClCCl.ClCCl. The Morgan fingerprint density at radius 2 is 0.177 bits per heavy atom. The summed E-state index contributed by atoms with van der Waals surface area (Å²) >= 11 is 181. The van der Waals surface area contributed by atoms with Crippen LogP contribution in [0.3, 0.4) is 0 Å². The fourth-order valence-corrected chi connectivity index (χ4v) is 0.204. The van der Waals surface area contributed by atoms with Crippen molar-refractivity contribution in [1.29, 1.82) is 0 Å². The first-order valence-corrected chi connectivity index (χ1v) is 32.5. The lowest BCUT2D eigenvalue weighted by atomic mass is 10.8. The Morgan fingerprint density at radius 3 is 0.177 bits per heavy atom. The van der Waals surface area contributed by atoms with Gasteiger partial charge in [0.05, 0.1) is 101 Å². The minimum absolute atomic E-state index is 0.194. The van der Waals surface area contributed by atoms with Gasteiger partial charge in [-0.2, -0.15) is 0 Å².